The molecule has 2 aromatic rings. The van der Waals surface area contributed by atoms with Crippen molar-refractivity contribution in [3.8, 4) is 11.1 Å². The highest BCUT2D eigenvalue weighted by Crippen LogP contribution is 2.27. The summed E-state index contributed by atoms with van der Waals surface area (Å²) in [5.74, 6) is -3.38. The predicted octanol–water partition coefficient (Wildman–Crippen LogP) is 3.54. The molecule has 2 N–H and O–H groups in total. The van der Waals surface area contributed by atoms with Crippen LogP contribution in [-0.4, -0.2) is 22.2 Å². The molecule has 2 aromatic carbocycles. The summed E-state index contributed by atoms with van der Waals surface area (Å²) in [5, 5.41) is 17.6. The number of aromatic carboxylic acids is 2. The minimum Gasteiger partial charge on any atom is -0.478 e. The van der Waals surface area contributed by atoms with Crippen molar-refractivity contribution in [1.29, 1.82) is 0 Å². The second-order valence-electron chi connectivity index (χ2n) is 4.00. The summed E-state index contributed by atoms with van der Waals surface area (Å²) in [5.41, 5.74) is 0.419. The van der Waals surface area contributed by atoms with E-state index in [1.165, 1.54) is 24.3 Å². The van der Waals surface area contributed by atoms with E-state index in [1.54, 1.807) is 0 Å². The van der Waals surface area contributed by atoms with Crippen LogP contribution < -0.4 is 0 Å². The van der Waals surface area contributed by atoms with Crippen LogP contribution in [0.2, 0.25) is 5.02 Å². The molecule has 0 saturated carbocycles. The molecule has 102 valence electrons. The van der Waals surface area contributed by atoms with Gasteiger partial charge in [-0.3, -0.25) is 0 Å². The molecule has 6 heteroatoms. The number of carboxylic acids is 2. The highest BCUT2D eigenvalue weighted by molar-refractivity contribution is 6.33. The Morgan fingerprint density at radius 2 is 1.40 bits per heavy atom. The summed E-state index contributed by atoms with van der Waals surface area (Å²) < 4.78 is 13.6. The number of hydrogen-bond acceptors (Lipinski definition) is 2. The first-order valence-corrected chi connectivity index (χ1v) is 5.84. The topological polar surface area (TPSA) is 74.6 Å². The zero-order valence-corrected chi connectivity index (χ0v) is 10.7. The van der Waals surface area contributed by atoms with Gasteiger partial charge in [-0.05, 0) is 35.4 Å². The molecule has 0 bridgehead atoms. The van der Waals surface area contributed by atoms with Crippen molar-refractivity contribution in [1.82, 2.24) is 0 Å². The van der Waals surface area contributed by atoms with Gasteiger partial charge in [0.25, 0.3) is 0 Å². The average molecular weight is 295 g/mol. The van der Waals surface area contributed by atoms with E-state index in [-0.39, 0.29) is 10.6 Å². The van der Waals surface area contributed by atoms with E-state index in [0.717, 1.165) is 12.1 Å². The first-order chi connectivity index (χ1) is 9.40. The van der Waals surface area contributed by atoms with Crippen molar-refractivity contribution in [3.63, 3.8) is 0 Å². The van der Waals surface area contributed by atoms with Crippen molar-refractivity contribution < 1.29 is 24.2 Å². The van der Waals surface area contributed by atoms with Gasteiger partial charge in [-0.25, -0.2) is 14.0 Å². The lowest BCUT2D eigenvalue weighted by molar-refractivity contribution is 0.0683. The standard InChI is InChI=1S/C14H8ClFO4/c15-11-5-7(1-3-9(11)13(17)18)8-2-4-10(14(19)20)12(16)6-8/h1-6H,(H,17,18)(H,19,20). The summed E-state index contributed by atoms with van der Waals surface area (Å²) in [4.78, 5) is 21.6. The molecule has 0 heterocycles. The Morgan fingerprint density at radius 3 is 1.85 bits per heavy atom. The van der Waals surface area contributed by atoms with Crippen molar-refractivity contribution in [2.75, 3.05) is 0 Å². The summed E-state index contributed by atoms with van der Waals surface area (Å²) in [6.45, 7) is 0. The van der Waals surface area contributed by atoms with E-state index in [9.17, 15) is 14.0 Å². The molecule has 0 fully saturated rings. The third kappa shape index (κ3) is 2.62. The smallest absolute Gasteiger partial charge is 0.338 e. The van der Waals surface area contributed by atoms with Gasteiger partial charge >= 0.3 is 11.9 Å². The molecule has 0 saturated heterocycles. The van der Waals surface area contributed by atoms with Crippen LogP contribution in [0.15, 0.2) is 36.4 Å². The van der Waals surface area contributed by atoms with Crippen LogP contribution in [0.5, 0.6) is 0 Å². The number of carboxylic acid groups (broad SMARTS) is 2. The fourth-order valence-electron chi connectivity index (χ4n) is 1.74. The highest BCUT2D eigenvalue weighted by Gasteiger charge is 2.13. The maximum atomic E-state index is 13.6. The lowest BCUT2D eigenvalue weighted by atomic mass is 10.0. The van der Waals surface area contributed by atoms with Crippen molar-refractivity contribution >= 4 is 23.5 Å². The van der Waals surface area contributed by atoms with Crippen LogP contribution in [0.25, 0.3) is 11.1 Å². The van der Waals surface area contributed by atoms with Crippen LogP contribution in [-0.2, 0) is 0 Å². The maximum absolute atomic E-state index is 13.6. The molecule has 0 spiro atoms. The number of hydrogen-bond donors (Lipinski definition) is 2. The zero-order chi connectivity index (χ0) is 14.9. The SMILES string of the molecule is O=C(O)c1ccc(-c2ccc(C(=O)O)c(Cl)c2)cc1F. The van der Waals surface area contributed by atoms with Gasteiger partial charge in [0, 0.05) is 0 Å². The van der Waals surface area contributed by atoms with Gasteiger partial charge in [0.2, 0.25) is 0 Å². The Balaban J connectivity index is 2.47. The van der Waals surface area contributed by atoms with E-state index in [0.29, 0.717) is 11.1 Å². The Morgan fingerprint density at radius 1 is 0.900 bits per heavy atom. The third-order valence-corrected chi connectivity index (χ3v) is 3.05. The van der Waals surface area contributed by atoms with Gasteiger partial charge in [-0.15, -0.1) is 0 Å². The van der Waals surface area contributed by atoms with Crippen molar-refractivity contribution in [2.24, 2.45) is 0 Å². The molecule has 2 rings (SSSR count). The summed E-state index contributed by atoms with van der Waals surface area (Å²) in [7, 11) is 0. The Labute approximate surface area is 118 Å². The molecule has 0 aliphatic rings. The average Bonchev–Trinajstić information content (AvgIpc) is 2.37. The fourth-order valence-corrected chi connectivity index (χ4v) is 2.00. The summed E-state index contributed by atoms with van der Waals surface area (Å²) >= 11 is 5.83. The van der Waals surface area contributed by atoms with Gasteiger partial charge in [0.05, 0.1) is 16.1 Å². The molecule has 4 nitrogen and oxygen atoms in total. The van der Waals surface area contributed by atoms with Crippen molar-refractivity contribution in [3.05, 3.63) is 58.4 Å². The molecule has 0 aliphatic heterocycles. The molecule has 0 aromatic heterocycles. The van der Waals surface area contributed by atoms with E-state index in [4.69, 9.17) is 21.8 Å². The van der Waals surface area contributed by atoms with E-state index in [2.05, 4.69) is 0 Å². The zero-order valence-electron chi connectivity index (χ0n) is 9.93. The predicted molar refractivity (Wildman–Crippen MR) is 70.8 cm³/mol. The van der Waals surface area contributed by atoms with E-state index in [1.807, 2.05) is 0 Å². The third-order valence-electron chi connectivity index (χ3n) is 2.73. The number of benzene rings is 2. The quantitative estimate of drug-likeness (QED) is 0.908. The molecule has 0 unspecified atom stereocenters. The molecular weight excluding hydrogens is 287 g/mol. The summed E-state index contributed by atoms with van der Waals surface area (Å²) in [6.07, 6.45) is 0. The molecule has 0 radical (unpaired) electrons. The number of carbonyl (C=O) groups is 2. The van der Waals surface area contributed by atoms with Crippen molar-refractivity contribution in [2.45, 2.75) is 0 Å². The molecule has 0 amide bonds. The monoisotopic (exact) mass is 294 g/mol. The second-order valence-corrected chi connectivity index (χ2v) is 4.41. The molecule has 20 heavy (non-hydrogen) atoms. The van der Waals surface area contributed by atoms with Crippen LogP contribution >= 0.6 is 11.6 Å². The Hall–Kier alpha value is -2.40. The minimum absolute atomic E-state index is 0.0257. The minimum atomic E-state index is -1.35. The van der Waals surface area contributed by atoms with Gasteiger partial charge in [0.15, 0.2) is 0 Å². The molecule has 0 aliphatic carbocycles. The van der Waals surface area contributed by atoms with Crippen LogP contribution in [0.4, 0.5) is 4.39 Å². The van der Waals surface area contributed by atoms with E-state index >= 15 is 0 Å². The number of halogens is 2. The highest BCUT2D eigenvalue weighted by atomic mass is 35.5. The Kier molecular flexibility index (Phi) is 3.72. The summed E-state index contributed by atoms with van der Waals surface area (Å²) in [6, 6.07) is 7.81. The van der Waals surface area contributed by atoms with Gasteiger partial charge in [-0.1, -0.05) is 23.7 Å². The van der Waals surface area contributed by atoms with Gasteiger partial charge in [0.1, 0.15) is 5.82 Å². The normalized spacial score (nSPS) is 10.3. The molecular formula is C14H8ClFO4. The molecule has 0 atom stereocenters. The van der Waals surface area contributed by atoms with Gasteiger partial charge in [-0.2, -0.15) is 0 Å². The van der Waals surface area contributed by atoms with Crippen LogP contribution in [0.3, 0.4) is 0 Å². The van der Waals surface area contributed by atoms with Gasteiger partial charge < -0.3 is 10.2 Å². The Bertz CT molecular complexity index is 651. The van der Waals surface area contributed by atoms with Crippen LogP contribution in [0, 0.1) is 5.82 Å². The first kappa shape index (κ1) is 14.0. The first-order valence-electron chi connectivity index (χ1n) is 5.46. The fraction of sp³-hybridized carbons (Fsp3) is 0. The lowest BCUT2D eigenvalue weighted by Crippen LogP contribution is -2.00. The largest absolute Gasteiger partial charge is 0.478 e. The second kappa shape index (κ2) is 5.30. The van der Waals surface area contributed by atoms with E-state index < -0.39 is 23.3 Å². The van der Waals surface area contributed by atoms with Crippen LogP contribution in [0.1, 0.15) is 20.7 Å². The maximum Gasteiger partial charge on any atom is 0.338 e. The lowest BCUT2D eigenvalue weighted by Gasteiger charge is -2.06. The number of rotatable bonds is 3.